The second-order valence-corrected chi connectivity index (χ2v) is 4.82. The third-order valence-corrected chi connectivity index (χ3v) is 3.11. The summed E-state index contributed by atoms with van der Waals surface area (Å²) in [6, 6.07) is 9.38. The van der Waals surface area contributed by atoms with E-state index in [0.29, 0.717) is 11.3 Å². The summed E-state index contributed by atoms with van der Waals surface area (Å²) in [6.45, 7) is 1.59. The monoisotopic (exact) mass is 316 g/mol. The van der Waals surface area contributed by atoms with Crippen molar-refractivity contribution in [1.29, 1.82) is 0 Å². The Labute approximate surface area is 131 Å². The zero-order chi connectivity index (χ0) is 17.0. The highest BCUT2D eigenvalue weighted by molar-refractivity contribution is 6.09. The highest BCUT2D eigenvalue weighted by Gasteiger charge is 2.17. The molecule has 4 nitrogen and oxygen atoms in total. The van der Waals surface area contributed by atoms with Gasteiger partial charge in [0, 0.05) is 17.8 Å². The van der Waals surface area contributed by atoms with Gasteiger partial charge in [0.15, 0.2) is 0 Å². The van der Waals surface area contributed by atoms with Crippen LogP contribution < -0.4 is 10.6 Å². The fourth-order valence-electron chi connectivity index (χ4n) is 1.94. The normalized spacial score (nSPS) is 10.7. The van der Waals surface area contributed by atoms with Gasteiger partial charge in [-0.25, -0.2) is 8.78 Å². The Morgan fingerprint density at radius 3 is 2.17 bits per heavy atom. The number of benzene rings is 2. The summed E-state index contributed by atoms with van der Waals surface area (Å²) in [5.74, 6) is -2.35. The molecule has 0 unspecified atom stereocenters. The minimum Gasteiger partial charge on any atom is -0.366 e. The van der Waals surface area contributed by atoms with Crippen molar-refractivity contribution in [1.82, 2.24) is 0 Å². The average Bonchev–Trinajstić information content (AvgIpc) is 2.51. The van der Waals surface area contributed by atoms with Crippen LogP contribution in [0.15, 0.2) is 54.6 Å². The van der Waals surface area contributed by atoms with E-state index in [1.807, 2.05) is 0 Å². The van der Waals surface area contributed by atoms with E-state index in [-0.39, 0.29) is 5.69 Å². The van der Waals surface area contributed by atoms with Gasteiger partial charge in [0.25, 0.3) is 5.91 Å². The van der Waals surface area contributed by atoms with Gasteiger partial charge in [-0.3, -0.25) is 14.5 Å². The molecule has 0 saturated carbocycles. The van der Waals surface area contributed by atoms with Crippen molar-refractivity contribution in [3.63, 3.8) is 0 Å². The molecule has 2 N–H and O–H groups in total. The maximum atomic E-state index is 13.8. The van der Waals surface area contributed by atoms with E-state index in [9.17, 15) is 18.4 Å². The molecule has 2 rings (SSSR count). The second kappa shape index (κ2) is 6.83. The van der Waals surface area contributed by atoms with E-state index in [4.69, 9.17) is 5.73 Å². The smallest absolute Gasteiger partial charge is 0.255 e. The number of hydrogen-bond donors (Lipinski definition) is 1. The lowest BCUT2D eigenvalue weighted by Crippen LogP contribution is -2.24. The first-order chi connectivity index (χ1) is 10.9. The van der Waals surface area contributed by atoms with Gasteiger partial charge in [0.1, 0.15) is 11.6 Å². The summed E-state index contributed by atoms with van der Waals surface area (Å²) in [5, 5.41) is 0. The van der Waals surface area contributed by atoms with Crippen LogP contribution >= 0.6 is 0 Å². The fourth-order valence-corrected chi connectivity index (χ4v) is 1.94. The van der Waals surface area contributed by atoms with Crippen LogP contribution in [-0.2, 0) is 9.59 Å². The number of amides is 2. The van der Waals surface area contributed by atoms with Gasteiger partial charge < -0.3 is 5.73 Å². The first-order valence-electron chi connectivity index (χ1n) is 6.72. The summed E-state index contributed by atoms with van der Waals surface area (Å²) < 4.78 is 26.9. The number of nitrogens with two attached hydrogens (primary N) is 1. The predicted molar refractivity (Wildman–Crippen MR) is 83.0 cm³/mol. The first kappa shape index (κ1) is 16.4. The van der Waals surface area contributed by atoms with E-state index in [2.05, 4.69) is 0 Å². The highest BCUT2D eigenvalue weighted by atomic mass is 19.1. The van der Waals surface area contributed by atoms with Crippen LogP contribution in [0.25, 0.3) is 0 Å². The van der Waals surface area contributed by atoms with Gasteiger partial charge in [-0.1, -0.05) is 6.07 Å². The van der Waals surface area contributed by atoms with Gasteiger partial charge in [0.05, 0.1) is 5.69 Å². The molecule has 0 heterocycles. The van der Waals surface area contributed by atoms with Crippen LogP contribution in [0.3, 0.4) is 0 Å². The Kier molecular flexibility index (Phi) is 4.85. The number of hydrogen-bond acceptors (Lipinski definition) is 2. The molecule has 0 aliphatic heterocycles. The van der Waals surface area contributed by atoms with Gasteiger partial charge in [-0.05, 0) is 48.9 Å². The number of primary amides is 1. The molecule has 6 heteroatoms. The summed E-state index contributed by atoms with van der Waals surface area (Å²) in [7, 11) is 0. The lowest BCUT2D eigenvalue weighted by atomic mass is 10.1. The van der Waals surface area contributed by atoms with Crippen molar-refractivity contribution in [3.05, 3.63) is 71.8 Å². The molecule has 0 radical (unpaired) electrons. The van der Waals surface area contributed by atoms with Gasteiger partial charge in [0.2, 0.25) is 5.91 Å². The Morgan fingerprint density at radius 1 is 1.00 bits per heavy atom. The maximum Gasteiger partial charge on any atom is 0.255 e. The number of anilines is 2. The minimum atomic E-state index is -0.785. The molecule has 0 bridgehead atoms. The summed E-state index contributed by atoms with van der Waals surface area (Å²) in [5.41, 5.74) is 5.98. The molecule has 2 aromatic carbocycles. The molecule has 118 valence electrons. The van der Waals surface area contributed by atoms with Crippen LogP contribution in [0.5, 0.6) is 0 Å². The van der Waals surface area contributed by atoms with E-state index in [1.54, 1.807) is 13.0 Å². The zero-order valence-corrected chi connectivity index (χ0v) is 12.3. The van der Waals surface area contributed by atoms with Crippen molar-refractivity contribution in [2.24, 2.45) is 5.73 Å². The van der Waals surface area contributed by atoms with Crippen LogP contribution in [0, 0.1) is 18.6 Å². The Morgan fingerprint density at radius 2 is 1.61 bits per heavy atom. The SMILES string of the molecule is Cc1ccc(N(C(=O)C=CC(N)=O)c2ccc(F)cc2)cc1F. The number of carbonyl (C=O) groups excluding carboxylic acids is 2. The molecule has 0 aliphatic rings. The number of halogens is 2. The third kappa shape index (κ3) is 4.00. The Balaban J connectivity index is 2.50. The second-order valence-electron chi connectivity index (χ2n) is 4.82. The molecule has 0 aromatic heterocycles. The van der Waals surface area contributed by atoms with E-state index in [0.717, 1.165) is 17.1 Å². The zero-order valence-electron chi connectivity index (χ0n) is 12.3. The minimum absolute atomic E-state index is 0.249. The number of nitrogens with zero attached hydrogens (tertiary/aromatic N) is 1. The van der Waals surface area contributed by atoms with Gasteiger partial charge in [-0.15, -0.1) is 0 Å². The molecule has 2 amide bonds. The Hall–Kier alpha value is -3.02. The number of rotatable bonds is 4. The van der Waals surface area contributed by atoms with Crippen molar-refractivity contribution < 1.29 is 18.4 Å². The van der Waals surface area contributed by atoms with Crippen LogP contribution in [0.2, 0.25) is 0 Å². The average molecular weight is 316 g/mol. The molecule has 0 spiro atoms. The molecular weight excluding hydrogens is 302 g/mol. The summed E-state index contributed by atoms with van der Waals surface area (Å²) >= 11 is 0. The maximum absolute atomic E-state index is 13.8. The highest BCUT2D eigenvalue weighted by Crippen LogP contribution is 2.27. The molecule has 23 heavy (non-hydrogen) atoms. The van der Waals surface area contributed by atoms with Crippen molar-refractivity contribution in [2.45, 2.75) is 6.92 Å². The summed E-state index contributed by atoms with van der Waals surface area (Å²) in [6.07, 6.45) is 1.88. The van der Waals surface area contributed by atoms with Crippen molar-refractivity contribution in [2.75, 3.05) is 4.90 Å². The lowest BCUT2D eigenvalue weighted by Gasteiger charge is -2.22. The molecular formula is C17H14F2N2O2. The number of aryl methyl sites for hydroxylation is 1. The molecule has 0 atom stereocenters. The Bertz CT molecular complexity index is 771. The van der Waals surface area contributed by atoms with Gasteiger partial charge in [-0.2, -0.15) is 0 Å². The third-order valence-electron chi connectivity index (χ3n) is 3.11. The van der Waals surface area contributed by atoms with E-state index in [1.165, 1.54) is 36.4 Å². The quantitative estimate of drug-likeness (QED) is 0.881. The van der Waals surface area contributed by atoms with Crippen LogP contribution in [-0.4, -0.2) is 11.8 Å². The predicted octanol–water partition coefficient (Wildman–Crippen LogP) is 2.98. The fraction of sp³-hybridized carbons (Fsp3) is 0.0588. The molecule has 0 fully saturated rings. The van der Waals surface area contributed by atoms with Crippen LogP contribution in [0.4, 0.5) is 20.2 Å². The van der Waals surface area contributed by atoms with Crippen molar-refractivity contribution >= 4 is 23.2 Å². The van der Waals surface area contributed by atoms with Gasteiger partial charge >= 0.3 is 0 Å². The largest absolute Gasteiger partial charge is 0.366 e. The molecule has 0 saturated heterocycles. The number of carbonyl (C=O) groups is 2. The topological polar surface area (TPSA) is 63.4 Å². The van der Waals surface area contributed by atoms with E-state index >= 15 is 0 Å². The lowest BCUT2D eigenvalue weighted by molar-refractivity contribution is -0.115. The molecule has 2 aromatic rings. The molecule has 0 aliphatic carbocycles. The van der Waals surface area contributed by atoms with E-state index < -0.39 is 23.4 Å². The standard InChI is InChI=1S/C17H14F2N2O2/c1-11-2-5-14(10-15(11)19)21(17(23)9-8-16(20)22)13-6-3-12(18)4-7-13/h2-10H,1H3,(H2,20,22). The first-order valence-corrected chi connectivity index (χ1v) is 6.72. The van der Waals surface area contributed by atoms with Crippen molar-refractivity contribution in [3.8, 4) is 0 Å². The summed E-state index contributed by atoms with van der Waals surface area (Å²) in [4.78, 5) is 24.3. The van der Waals surface area contributed by atoms with Crippen LogP contribution in [0.1, 0.15) is 5.56 Å².